The van der Waals surface area contributed by atoms with E-state index in [2.05, 4.69) is 29.2 Å². The second kappa shape index (κ2) is 9.96. The Hall–Kier alpha value is -3.85. The van der Waals surface area contributed by atoms with Crippen LogP contribution in [-0.2, 0) is 17.8 Å². The molecule has 0 saturated carbocycles. The Balaban J connectivity index is 1.49. The molecule has 1 amide bonds. The monoisotopic (exact) mass is 476 g/mol. The fourth-order valence-electron chi connectivity index (χ4n) is 3.41. The Bertz CT molecular complexity index is 1420. The van der Waals surface area contributed by atoms with E-state index in [1.165, 1.54) is 21.9 Å². The molecule has 2 aromatic carbocycles. The second-order valence-electron chi connectivity index (χ2n) is 8.26. The molecule has 0 spiro atoms. The van der Waals surface area contributed by atoms with Crippen molar-refractivity contribution in [3.8, 4) is 0 Å². The third-order valence-electron chi connectivity index (χ3n) is 5.06. The van der Waals surface area contributed by atoms with Crippen LogP contribution >= 0.6 is 11.3 Å². The molecular weight excluding hydrogens is 452 g/mol. The second-order valence-corrected chi connectivity index (χ2v) is 9.31. The van der Waals surface area contributed by atoms with Crippen molar-refractivity contribution < 1.29 is 14.3 Å². The van der Waals surface area contributed by atoms with Gasteiger partial charge >= 0.3 is 5.97 Å². The molecule has 9 heteroatoms. The minimum atomic E-state index is -0.632. The van der Waals surface area contributed by atoms with E-state index >= 15 is 0 Å². The Morgan fingerprint density at radius 1 is 1.09 bits per heavy atom. The van der Waals surface area contributed by atoms with Gasteiger partial charge in [0.25, 0.3) is 11.5 Å². The predicted molar refractivity (Wildman–Crippen MR) is 130 cm³/mol. The molecule has 0 bridgehead atoms. The largest absolute Gasteiger partial charge is 0.456 e. The number of para-hydroxylation sites is 1. The number of carbonyl (C=O) groups is 2. The van der Waals surface area contributed by atoms with Crippen LogP contribution in [-0.4, -0.2) is 26.5 Å². The normalized spacial score (nSPS) is 11.1. The molecule has 4 aromatic rings. The summed E-state index contributed by atoms with van der Waals surface area (Å²) in [5, 5.41) is 7.93. The van der Waals surface area contributed by atoms with E-state index in [0.29, 0.717) is 27.8 Å². The van der Waals surface area contributed by atoms with Gasteiger partial charge in [0.1, 0.15) is 11.6 Å². The van der Waals surface area contributed by atoms with Gasteiger partial charge in [0.05, 0.1) is 16.9 Å². The number of amides is 1. The summed E-state index contributed by atoms with van der Waals surface area (Å²) in [6, 6.07) is 15.1. The van der Waals surface area contributed by atoms with Gasteiger partial charge in [-0.3, -0.25) is 9.59 Å². The quantitative estimate of drug-likeness (QED) is 0.400. The summed E-state index contributed by atoms with van der Waals surface area (Å²) >= 11 is 1.35. The summed E-state index contributed by atoms with van der Waals surface area (Å²) in [4.78, 5) is 42.8. The molecule has 0 atom stereocenters. The van der Waals surface area contributed by atoms with Crippen molar-refractivity contribution in [1.82, 2.24) is 14.6 Å². The van der Waals surface area contributed by atoms with Crippen LogP contribution in [0.25, 0.3) is 4.96 Å². The van der Waals surface area contributed by atoms with E-state index in [9.17, 15) is 14.4 Å². The number of rotatable bonds is 7. The highest BCUT2D eigenvalue weighted by Crippen LogP contribution is 2.20. The molecule has 2 heterocycles. The average Bonchev–Trinajstić information content (AvgIpc) is 3.20. The van der Waals surface area contributed by atoms with Gasteiger partial charge in [-0.2, -0.15) is 9.61 Å². The van der Waals surface area contributed by atoms with Gasteiger partial charge in [0, 0.05) is 18.1 Å². The lowest BCUT2D eigenvalue weighted by molar-refractivity contribution is 0.0469. The van der Waals surface area contributed by atoms with Crippen LogP contribution in [0.4, 0.5) is 5.69 Å². The first-order chi connectivity index (χ1) is 16.3. The van der Waals surface area contributed by atoms with Gasteiger partial charge in [0.2, 0.25) is 4.96 Å². The van der Waals surface area contributed by atoms with E-state index < -0.39 is 5.97 Å². The highest BCUT2D eigenvalue weighted by Gasteiger charge is 2.17. The molecule has 0 unspecified atom stereocenters. The number of nitrogens with one attached hydrogen (secondary N) is 1. The predicted octanol–water partition coefficient (Wildman–Crippen LogP) is 4.27. The number of carbonyl (C=O) groups excluding carboxylic acids is 2. The molecule has 4 rings (SSSR count). The first kappa shape index (κ1) is 23.3. The summed E-state index contributed by atoms with van der Waals surface area (Å²) in [6.07, 6.45) is 0.753. The highest BCUT2D eigenvalue weighted by atomic mass is 32.1. The summed E-state index contributed by atoms with van der Waals surface area (Å²) in [7, 11) is 0. The standard InChI is InChI=1S/C25H24N4O4S/c1-15(2)12-21-28-29-22(30)13-17(26-25(29)34-21)14-33-24(32)19-10-6-7-11-20(19)27-23(31)18-9-5-4-8-16(18)3/h4-11,13,15H,12,14H2,1-3H3,(H,27,31). The third kappa shape index (κ3) is 5.20. The number of fused-ring (bicyclic) bond motifs is 1. The highest BCUT2D eigenvalue weighted by molar-refractivity contribution is 7.16. The van der Waals surface area contributed by atoms with Crippen molar-refractivity contribution in [3.63, 3.8) is 0 Å². The Morgan fingerprint density at radius 3 is 2.53 bits per heavy atom. The number of anilines is 1. The number of aryl methyl sites for hydroxylation is 1. The third-order valence-corrected chi connectivity index (χ3v) is 5.99. The molecule has 0 aliphatic heterocycles. The summed E-state index contributed by atoms with van der Waals surface area (Å²) in [5.41, 5.74) is 1.90. The molecule has 8 nitrogen and oxygen atoms in total. The molecule has 1 N–H and O–H groups in total. The minimum absolute atomic E-state index is 0.179. The molecular formula is C25H24N4O4S. The van der Waals surface area contributed by atoms with E-state index in [1.54, 1.807) is 36.4 Å². The maximum Gasteiger partial charge on any atom is 0.340 e. The molecule has 0 aliphatic rings. The topological polar surface area (TPSA) is 103 Å². The summed E-state index contributed by atoms with van der Waals surface area (Å²) in [6.45, 7) is 5.82. The van der Waals surface area contributed by atoms with Gasteiger partial charge < -0.3 is 10.1 Å². The van der Waals surface area contributed by atoms with Crippen LogP contribution in [0, 0.1) is 12.8 Å². The fourth-order valence-corrected chi connectivity index (χ4v) is 4.54. The van der Waals surface area contributed by atoms with Gasteiger partial charge in [-0.1, -0.05) is 55.5 Å². The van der Waals surface area contributed by atoms with Crippen LogP contribution in [0.15, 0.2) is 59.4 Å². The molecule has 0 saturated heterocycles. The van der Waals surface area contributed by atoms with Crippen molar-refractivity contribution in [2.75, 3.05) is 5.32 Å². The number of benzene rings is 2. The average molecular weight is 477 g/mol. The number of hydrogen-bond donors (Lipinski definition) is 1. The molecule has 2 aromatic heterocycles. The van der Waals surface area contributed by atoms with Crippen molar-refractivity contribution in [2.24, 2.45) is 5.92 Å². The van der Waals surface area contributed by atoms with Gasteiger partial charge in [0.15, 0.2) is 0 Å². The lowest BCUT2D eigenvalue weighted by atomic mass is 10.1. The van der Waals surface area contributed by atoms with E-state index in [0.717, 1.165) is 17.0 Å². The zero-order valence-corrected chi connectivity index (χ0v) is 19.9. The first-order valence-electron chi connectivity index (χ1n) is 10.8. The summed E-state index contributed by atoms with van der Waals surface area (Å²) < 4.78 is 6.69. The smallest absolute Gasteiger partial charge is 0.340 e. The maximum atomic E-state index is 12.8. The fraction of sp³-hybridized carbons (Fsp3) is 0.240. The van der Waals surface area contributed by atoms with Crippen LogP contribution in [0.3, 0.4) is 0 Å². The zero-order chi connectivity index (χ0) is 24.2. The SMILES string of the molecule is Cc1ccccc1C(=O)Nc1ccccc1C(=O)OCc1cc(=O)n2nc(CC(C)C)sc2n1. The van der Waals surface area contributed by atoms with Crippen LogP contribution in [0.5, 0.6) is 0 Å². The summed E-state index contributed by atoms with van der Waals surface area (Å²) in [5.74, 6) is -0.545. The zero-order valence-electron chi connectivity index (χ0n) is 19.1. The van der Waals surface area contributed by atoms with Crippen molar-refractivity contribution in [1.29, 1.82) is 0 Å². The Labute approximate surface area is 200 Å². The lowest BCUT2D eigenvalue weighted by Gasteiger charge is -2.12. The first-order valence-corrected chi connectivity index (χ1v) is 11.7. The van der Waals surface area contributed by atoms with Crippen molar-refractivity contribution in [3.05, 3.63) is 92.3 Å². The maximum absolute atomic E-state index is 12.8. The Morgan fingerprint density at radius 2 is 1.79 bits per heavy atom. The number of nitrogens with zero attached hydrogens (tertiary/aromatic N) is 3. The van der Waals surface area contributed by atoms with E-state index in [1.807, 2.05) is 19.1 Å². The van der Waals surface area contributed by atoms with Gasteiger partial charge in [-0.15, -0.1) is 0 Å². The number of ether oxygens (including phenoxy) is 1. The molecule has 0 radical (unpaired) electrons. The molecule has 174 valence electrons. The van der Waals surface area contributed by atoms with Crippen LogP contribution in [0.1, 0.15) is 50.8 Å². The molecule has 34 heavy (non-hydrogen) atoms. The lowest BCUT2D eigenvalue weighted by Crippen LogP contribution is -2.18. The Kier molecular flexibility index (Phi) is 6.83. The van der Waals surface area contributed by atoms with E-state index in [-0.39, 0.29) is 23.6 Å². The van der Waals surface area contributed by atoms with Gasteiger partial charge in [-0.05, 0) is 36.6 Å². The van der Waals surface area contributed by atoms with Gasteiger partial charge in [-0.25, -0.2) is 9.78 Å². The minimum Gasteiger partial charge on any atom is -0.456 e. The number of aromatic nitrogens is 3. The van der Waals surface area contributed by atoms with Crippen molar-refractivity contribution in [2.45, 2.75) is 33.8 Å². The molecule has 0 fully saturated rings. The number of hydrogen-bond acceptors (Lipinski definition) is 7. The molecule has 0 aliphatic carbocycles. The van der Waals surface area contributed by atoms with Crippen LogP contribution < -0.4 is 10.9 Å². The van der Waals surface area contributed by atoms with Crippen LogP contribution in [0.2, 0.25) is 0 Å². The number of esters is 1. The van der Waals surface area contributed by atoms with E-state index in [4.69, 9.17) is 4.74 Å². The van der Waals surface area contributed by atoms with Crippen molar-refractivity contribution >= 4 is 33.9 Å².